The van der Waals surface area contributed by atoms with E-state index in [1.54, 1.807) is 29.1 Å². The predicted molar refractivity (Wildman–Crippen MR) is 65.7 cm³/mol. The minimum atomic E-state index is -0.400. The molecular formula is C13H11N3O3. The zero-order valence-corrected chi connectivity index (χ0v) is 10.00. The van der Waals surface area contributed by atoms with Gasteiger partial charge < -0.3 is 4.40 Å². The Bertz CT molecular complexity index is 689. The van der Waals surface area contributed by atoms with E-state index in [2.05, 4.69) is 10.3 Å². The second kappa shape index (κ2) is 4.31. The fourth-order valence-electron chi connectivity index (χ4n) is 2.37. The molecule has 1 saturated heterocycles. The number of carbonyl (C=O) groups is 3. The number of imidazole rings is 1. The largest absolute Gasteiger partial charge is 0.306 e. The van der Waals surface area contributed by atoms with E-state index >= 15 is 0 Å². The van der Waals surface area contributed by atoms with Crippen LogP contribution in [0.4, 0.5) is 0 Å². The maximum absolute atomic E-state index is 11.8. The number of piperidine rings is 1. The summed E-state index contributed by atoms with van der Waals surface area (Å²) in [5, 5.41) is 2.32. The van der Waals surface area contributed by atoms with Crippen LogP contribution in [0.25, 0.3) is 5.65 Å². The molecule has 6 nitrogen and oxygen atoms in total. The van der Waals surface area contributed by atoms with Gasteiger partial charge in [0.05, 0.1) is 11.5 Å². The van der Waals surface area contributed by atoms with Crippen molar-refractivity contribution >= 4 is 23.7 Å². The van der Waals surface area contributed by atoms with Crippen molar-refractivity contribution in [1.29, 1.82) is 0 Å². The van der Waals surface area contributed by atoms with Crippen molar-refractivity contribution in [2.45, 2.75) is 18.8 Å². The van der Waals surface area contributed by atoms with Crippen molar-refractivity contribution in [2.24, 2.45) is 0 Å². The third kappa shape index (κ3) is 1.91. The molecule has 1 fully saturated rings. The lowest BCUT2D eigenvalue weighted by Gasteiger charge is -2.21. The molecule has 0 aliphatic carbocycles. The minimum absolute atomic E-state index is 0.249. The second-order valence-electron chi connectivity index (χ2n) is 4.51. The van der Waals surface area contributed by atoms with Gasteiger partial charge in [-0.2, -0.15) is 0 Å². The number of aromatic nitrogens is 2. The number of imide groups is 1. The first-order valence-corrected chi connectivity index (χ1v) is 5.94. The van der Waals surface area contributed by atoms with Crippen LogP contribution in [0.15, 0.2) is 24.7 Å². The van der Waals surface area contributed by atoms with Gasteiger partial charge in [-0.05, 0) is 18.1 Å². The lowest BCUT2D eigenvalue weighted by molar-refractivity contribution is -0.134. The van der Waals surface area contributed by atoms with Crippen LogP contribution < -0.4 is 5.32 Å². The molecule has 3 rings (SSSR count). The van der Waals surface area contributed by atoms with Gasteiger partial charge in [-0.1, -0.05) is 0 Å². The number of rotatable bonds is 2. The van der Waals surface area contributed by atoms with Crippen LogP contribution in [0.2, 0.25) is 0 Å². The maximum Gasteiger partial charge on any atom is 0.234 e. The summed E-state index contributed by atoms with van der Waals surface area (Å²) in [5.74, 6) is -0.962. The molecule has 1 unspecified atom stereocenters. The van der Waals surface area contributed by atoms with Crippen molar-refractivity contribution in [3.8, 4) is 0 Å². The van der Waals surface area contributed by atoms with Crippen LogP contribution in [0.1, 0.15) is 34.7 Å². The lowest BCUT2D eigenvalue weighted by Crippen LogP contribution is -2.39. The molecule has 96 valence electrons. The second-order valence-corrected chi connectivity index (χ2v) is 4.51. The molecule has 3 heterocycles. The van der Waals surface area contributed by atoms with Crippen molar-refractivity contribution in [1.82, 2.24) is 14.7 Å². The van der Waals surface area contributed by atoms with Crippen molar-refractivity contribution < 1.29 is 14.4 Å². The summed E-state index contributed by atoms with van der Waals surface area (Å²) < 4.78 is 1.71. The van der Waals surface area contributed by atoms with E-state index in [4.69, 9.17) is 0 Å². The Kier molecular flexibility index (Phi) is 2.63. The number of aldehydes is 1. The van der Waals surface area contributed by atoms with Crippen LogP contribution in [0, 0.1) is 0 Å². The summed E-state index contributed by atoms with van der Waals surface area (Å²) in [4.78, 5) is 38.1. The van der Waals surface area contributed by atoms with E-state index in [-0.39, 0.29) is 11.8 Å². The van der Waals surface area contributed by atoms with Gasteiger partial charge in [0, 0.05) is 25.0 Å². The Morgan fingerprint density at radius 3 is 3.00 bits per heavy atom. The van der Waals surface area contributed by atoms with Gasteiger partial charge >= 0.3 is 0 Å². The standard InChI is InChI=1S/C13H11N3O3/c17-7-9-5-8(6-16-4-3-14-12(9)16)10-1-2-11(18)15-13(10)19/h3-7,10H,1-2H2,(H,15,18,19). The molecule has 1 aliphatic rings. The van der Waals surface area contributed by atoms with E-state index in [0.717, 1.165) is 11.8 Å². The molecule has 2 amide bonds. The number of carbonyl (C=O) groups excluding carboxylic acids is 3. The number of nitrogens with one attached hydrogen (secondary N) is 1. The normalized spacial score (nSPS) is 19.5. The van der Waals surface area contributed by atoms with Crippen LogP contribution >= 0.6 is 0 Å². The third-order valence-electron chi connectivity index (χ3n) is 3.31. The van der Waals surface area contributed by atoms with Crippen LogP contribution in [-0.2, 0) is 9.59 Å². The Hall–Kier alpha value is -2.50. The smallest absolute Gasteiger partial charge is 0.234 e. The van der Waals surface area contributed by atoms with Gasteiger partial charge in [0.15, 0.2) is 6.29 Å². The first-order valence-electron chi connectivity index (χ1n) is 5.94. The predicted octanol–water partition coefficient (Wildman–Crippen LogP) is 0.667. The van der Waals surface area contributed by atoms with Crippen LogP contribution in [0.3, 0.4) is 0 Å². The summed E-state index contributed by atoms with van der Waals surface area (Å²) in [6.07, 6.45) is 6.58. The molecule has 0 aromatic carbocycles. The summed E-state index contributed by atoms with van der Waals surface area (Å²) in [6, 6.07) is 1.66. The van der Waals surface area contributed by atoms with Gasteiger partial charge in [-0.3, -0.25) is 19.7 Å². The summed E-state index contributed by atoms with van der Waals surface area (Å²) in [5.41, 5.74) is 1.72. The number of nitrogens with zero attached hydrogens (tertiary/aromatic N) is 2. The van der Waals surface area contributed by atoms with E-state index < -0.39 is 5.92 Å². The number of hydrogen-bond donors (Lipinski definition) is 1. The highest BCUT2D eigenvalue weighted by molar-refractivity contribution is 6.01. The van der Waals surface area contributed by atoms with E-state index in [1.807, 2.05) is 0 Å². The topological polar surface area (TPSA) is 80.5 Å². The average Bonchev–Trinajstić information content (AvgIpc) is 2.85. The van der Waals surface area contributed by atoms with Crippen molar-refractivity contribution in [3.05, 3.63) is 35.8 Å². The third-order valence-corrected chi connectivity index (χ3v) is 3.31. The van der Waals surface area contributed by atoms with Gasteiger partial charge in [-0.25, -0.2) is 4.98 Å². The highest BCUT2D eigenvalue weighted by Crippen LogP contribution is 2.26. The Balaban J connectivity index is 2.07. The molecule has 0 saturated carbocycles. The van der Waals surface area contributed by atoms with E-state index in [1.165, 1.54) is 0 Å². The van der Waals surface area contributed by atoms with E-state index in [0.29, 0.717) is 24.1 Å². The van der Waals surface area contributed by atoms with Gasteiger partial charge in [0.25, 0.3) is 0 Å². The molecule has 1 N–H and O–H groups in total. The number of amides is 2. The van der Waals surface area contributed by atoms with Gasteiger partial charge in [-0.15, -0.1) is 0 Å². The quantitative estimate of drug-likeness (QED) is 0.633. The van der Waals surface area contributed by atoms with Gasteiger partial charge in [0.2, 0.25) is 11.8 Å². The van der Waals surface area contributed by atoms with E-state index in [9.17, 15) is 14.4 Å². The highest BCUT2D eigenvalue weighted by atomic mass is 16.2. The first kappa shape index (κ1) is 11.6. The summed E-state index contributed by atoms with van der Waals surface area (Å²) in [7, 11) is 0. The molecule has 0 bridgehead atoms. The molecule has 19 heavy (non-hydrogen) atoms. The summed E-state index contributed by atoms with van der Waals surface area (Å²) >= 11 is 0. The molecule has 2 aromatic rings. The number of hydrogen-bond acceptors (Lipinski definition) is 4. The SMILES string of the molecule is O=Cc1cc(C2CCC(=O)NC2=O)cn2ccnc12. The molecule has 0 spiro atoms. The Morgan fingerprint density at radius 1 is 1.42 bits per heavy atom. The fourth-order valence-corrected chi connectivity index (χ4v) is 2.37. The first-order chi connectivity index (χ1) is 9.19. The van der Waals surface area contributed by atoms with Crippen LogP contribution in [0.5, 0.6) is 0 Å². The molecule has 2 aromatic heterocycles. The van der Waals surface area contributed by atoms with Crippen molar-refractivity contribution in [2.75, 3.05) is 0 Å². The fraction of sp³-hybridized carbons (Fsp3) is 0.231. The highest BCUT2D eigenvalue weighted by Gasteiger charge is 2.28. The molecule has 6 heteroatoms. The number of fused-ring (bicyclic) bond motifs is 1. The average molecular weight is 257 g/mol. The van der Waals surface area contributed by atoms with Crippen molar-refractivity contribution in [3.63, 3.8) is 0 Å². The zero-order chi connectivity index (χ0) is 13.4. The zero-order valence-electron chi connectivity index (χ0n) is 10.00. The molecule has 1 atom stereocenters. The Morgan fingerprint density at radius 2 is 2.26 bits per heavy atom. The molecule has 0 radical (unpaired) electrons. The molecular weight excluding hydrogens is 246 g/mol. The molecule has 1 aliphatic heterocycles. The lowest BCUT2D eigenvalue weighted by atomic mass is 9.91. The minimum Gasteiger partial charge on any atom is -0.306 e. The maximum atomic E-state index is 11.8. The number of pyridine rings is 1. The summed E-state index contributed by atoms with van der Waals surface area (Å²) in [6.45, 7) is 0. The van der Waals surface area contributed by atoms with Crippen LogP contribution in [-0.4, -0.2) is 27.5 Å². The van der Waals surface area contributed by atoms with Gasteiger partial charge in [0.1, 0.15) is 5.65 Å². The Labute approximate surface area is 108 Å². The monoisotopic (exact) mass is 257 g/mol.